The van der Waals surface area contributed by atoms with Crippen LogP contribution < -0.4 is 4.90 Å². The Morgan fingerprint density at radius 1 is 1.23 bits per heavy atom. The predicted octanol–water partition coefficient (Wildman–Crippen LogP) is 2.16. The van der Waals surface area contributed by atoms with E-state index in [4.69, 9.17) is 4.74 Å². The Balaban J connectivity index is 2.04. The van der Waals surface area contributed by atoms with Gasteiger partial charge in [-0.2, -0.15) is 0 Å². The fourth-order valence-electron chi connectivity index (χ4n) is 3.01. The molecule has 0 saturated carbocycles. The van der Waals surface area contributed by atoms with Gasteiger partial charge in [0.1, 0.15) is 5.82 Å². The number of hydrogen-bond donors (Lipinski definition) is 0. The monoisotopic (exact) mass is 299 g/mol. The van der Waals surface area contributed by atoms with Crippen molar-refractivity contribution < 1.29 is 9.53 Å². The number of esters is 1. The highest BCUT2D eigenvalue weighted by atomic mass is 16.5. The van der Waals surface area contributed by atoms with Gasteiger partial charge in [-0.1, -0.05) is 19.1 Å². The second-order valence-electron chi connectivity index (χ2n) is 5.45. The van der Waals surface area contributed by atoms with Gasteiger partial charge < -0.3 is 14.5 Å². The Kier molecular flexibility index (Phi) is 4.24. The van der Waals surface area contributed by atoms with E-state index in [1.54, 1.807) is 0 Å². The first-order chi connectivity index (χ1) is 10.7. The lowest BCUT2D eigenvalue weighted by atomic mass is 10.0. The van der Waals surface area contributed by atoms with Gasteiger partial charge in [0.05, 0.1) is 12.7 Å². The molecule has 1 aromatic carbocycles. The van der Waals surface area contributed by atoms with Gasteiger partial charge in [0.25, 0.3) is 0 Å². The molecule has 0 bridgehead atoms. The van der Waals surface area contributed by atoms with E-state index in [1.165, 1.54) is 7.11 Å². The summed E-state index contributed by atoms with van der Waals surface area (Å²) in [5.41, 5.74) is 0.584. The van der Waals surface area contributed by atoms with Crippen LogP contribution in [0.2, 0.25) is 0 Å². The lowest BCUT2D eigenvalue weighted by Crippen LogP contribution is -2.46. The second-order valence-corrected chi connectivity index (χ2v) is 5.45. The predicted molar refractivity (Wildman–Crippen MR) is 87.4 cm³/mol. The van der Waals surface area contributed by atoms with E-state index in [1.807, 2.05) is 30.5 Å². The maximum atomic E-state index is 12.1. The highest BCUT2D eigenvalue weighted by molar-refractivity contribution is 6.08. The molecule has 2 aromatic rings. The number of aromatic nitrogens is 1. The van der Waals surface area contributed by atoms with Crippen LogP contribution in [0.1, 0.15) is 17.3 Å². The average Bonchev–Trinajstić information content (AvgIpc) is 2.60. The van der Waals surface area contributed by atoms with Gasteiger partial charge in [-0.05, 0) is 24.1 Å². The third-order valence-electron chi connectivity index (χ3n) is 4.30. The van der Waals surface area contributed by atoms with Crippen LogP contribution in [0.25, 0.3) is 10.8 Å². The summed E-state index contributed by atoms with van der Waals surface area (Å²) in [5, 5.41) is 1.91. The maximum Gasteiger partial charge on any atom is 0.338 e. The fourth-order valence-corrected chi connectivity index (χ4v) is 3.01. The van der Waals surface area contributed by atoms with Gasteiger partial charge in [-0.3, -0.25) is 0 Å². The minimum Gasteiger partial charge on any atom is -0.465 e. The Labute approximate surface area is 130 Å². The zero-order valence-corrected chi connectivity index (χ0v) is 13.1. The van der Waals surface area contributed by atoms with Crippen molar-refractivity contribution >= 4 is 22.6 Å². The van der Waals surface area contributed by atoms with Crippen molar-refractivity contribution in [3.8, 4) is 0 Å². The van der Waals surface area contributed by atoms with Crippen molar-refractivity contribution in [1.29, 1.82) is 0 Å². The smallest absolute Gasteiger partial charge is 0.338 e. The number of rotatable bonds is 3. The second kappa shape index (κ2) is 6.32. The first-order valence-electron chi connectivity index (χ1n) is 7.68. The first kappa shape index (κ1) is 14.8. The largest absolute Gasteiger partial charge is 0.465 e. The van der Waals surface area contributed by atoms with Crippen LogP contribution in [0, 0.1) is 0 Å². The van der Waals surface area contributed by atoms with Gasteiger partial charge in [-0.25, -0.2) is 9.78 Å². The van der Waals surface area contributed by atoms with Crippen LogP contribution in [-0.2, 0) is 4.74 Å². The van der Waals surface area contributed by atoms with Crippen LogP contribution >= 0.6 is 0 Å². The molecule has 0 atom stereocenters. The van der Waals surface area contributed by atoms with Crippen LogP contribution in [-0.4, -0.2) is 55.7 Å². The summed E-state index contributed by atoms with van der Waals surface area (Å²) in [5.74, 6) is 0.571. The zero-order chi connectivity index (χ0) is 15.5. The molecule has 0 N–H and O–H groups in total. The van der Waals surface area contributed by atoms with Crippen molar-refractivity contribution in [3.63, 3.8) is 0 Å². The number of ether oxygens (including phenoxy) is 1. The van der Waals surface area contributed by atoms with E-state index in [9.17, 15) is 4.79 Å². The molecule has 1 aromatic heterocycles. The molecular weight excluding hydrogens is 278 g/mol. The zero-order valence-electron chi connectivity index (χ0n) is 13.1. The lowest BCUT2D eigenvalue weighted by molar-refractivity contribution is 0.0603. The molecule has 3 rings (SSSR count). The number of carbonyl (C=O) groups excluding carboxylic acids is 1. The topological polar surface area (TPSA) is 45.7 Å². The fraction of sp³-hybridized carbons (Fsp3) is 0.412. The van der Waals surface area contributed by atoms with Gasteiger partial charge >= 0.3 is 5.97 Å². The van der Waals surface area contributed by atoms with E-state index in [-0.39, 0.29) is 5.97 Å². The highest BCUT2D eigenvalue weighted by Gasteiger charge is 2.21. The number of nitrogens with zero attached hydrogens (tertiary/aromatic N) is 3. The molecule has 0 aliphatic carbocycles. The van der Waals surface area contributed by atoms with Crippen molar-refractivity contribution in [1.82, 2.24) is 9.88 Å². The van der Waals surface area contributed by atoms with Gasteiger partial charge in [-0.15, -0.1) is 0 Å². The van der Waals surface area contributed by atoms with Crippen molar-refractivity contribution in [3.05, 3.63) is 36.0 Å². The minimum atomic E-state index is -0.313. The standard InChI is InChI=1S/C17H21N3O2/c1-3-19-9-11-20(12-10-19)16-15-13(7-8-18-16)5-4-6-14(15)17(21)22-2/h4-8H,3,9-12H2,1-2H3. The summed E-state index contributed by atoms with van der Waals surface area (Å²) in [7, 11) is 1.41. The summed E-state index contributed by atoms with van der Waals surface area (Å²) < 4.78 is 4.93. The number of anilines is 1. The SMILES string of the molecule is CCN1CCN(c2nccc3cccc(C(=O)OC)c23)CC1. The van der Waals surface area contributed by atoms with Crippen LogP contribution in [0.15, 0.2) is 30.5 Å². The molecule has 0 unspecified atom stereocenters. The van der Waals surface area contributed by atoms with Crippen molar-refractivity contribution in [2.75, 3.05) is 44.7 Å². The molecular formula is C17H21N3O2. The number of methoxy groups -OCH3 is 1. The summed E-state index contributed by atoms with van der Waals surface area (Å²) in [6.07, 6.45) is 1.81. The van der Waals surface area contributed by atoms with Gasteiger partial charge in [0.15, 0.2) is 0 Å². The average molecular weight is 299 g/mol. The summed E-state index contributed by atoms with van der Waals surface area (Å²) in [4.78, 5) is 21.3. The number of benzene rings is 1. The molecule has 2 heterocycles. The summed E-state index contributed by atoms with van der Waals surface area (Å²) in [6.45, 7) is 7.15. The highest BCUT2D eigenvalue weighted by Crippen LogP contribution is 2.29. The van der Waals surface area contributed by atoms with Crippen LogP contribution in [0.5, 0.6) is 0 Å². The Bertz CT molecular complexity index is 673. The van der Waals surface area contributed by atoms with E-state index < -0.39 is 0 Å². The number of hydrogen-bond acceptors (Lipinski definition) is 5. The third-order valence-corrected chi connectivity index (χ3v) is 4.30. The molecule has 0 radical (unpaired) electrons. The Morgan fingerprint density at radius 2 is 2.00 bits per heavy atom. The summed E-state index contributed by atoms with van der Waals surface area (Å²) in [6, 6.07) is 7.64. The van der Waals surface area contributed by atoms with Gasteiger partial charge in [0.2, 0.25) is 0 Å². The molecule has 1 aliphatic heterocycles. The van der Waals surface area contributed by atoms with Crippen molar-refractivity contribution in [2.24, 2.45) is 0 Å². The number of carbonyl (C=O) groups is 1. The van der Waals surface area contributed by atoms with Crippen LogP contribution in [0.4, 0.5) is 5.82 Å². The lowest BCUT2D eigenvalue weighted by Gasteiger charge is -2.35. The van der Waals surface area contributed by atoms with Crippen LogP contribution in [0.3, 0.4) is 0 Å². The molecule has 0 amide bonds. The first-order valence-corrected chi connectivity index (χ1v) is 7.68. The Morgan fingerprint density at radius 3 is 2.68 bits per heavy atom. The maximum absolute atomic E-state index is 12.1. The third kappa shape index (κ3) is 2.64. The van der Waals surface area contributed by atoms with Gasteiger partial charge in [0, 0.05) is 37.8 Å². The van der Waals surface area contributed by atoms with Crippen molar-refractivity contribution in [2.45, 2.75) is 6.92 Å². The normalized spacial score (nSPS) is 16.0. The molecule has 1 fully saturated rings. The Hall–Kier alpha value is -2.14. The van der Waals surface area contributed by atoms with E-state index in [0.29, 0.717) is 5.56 Å². The quantitative estimate of drug-likeness (QED) is 0.813. The molecule has 0 spiro atoms. The molecule has 5 heteroatoms. The number of fused-ring (bicyclic) bond motifs is 1. The van der Waals surface area contributed by atoms with E-state index in [0.717, 1.165) is 49.3 Å². The molecule has 22 heavy (non-hydrogen) atoms. The van der Waals surface area contributed by atoms with E-state index in [2.05, 4.69) is 21.7 Å². The number of piperazine rings is 1. The number of pyridine rings is 1. The molecule has 116 valence electrons. The molecule has 5 nitrogen and oxygen atoms in total. The molecule has 1 saturated heterocycles. The molecule has 1 aliphatic rings. The van der Waals surface area contributed by atoms with E-state index >= 15 is 0 Å². The minimum absolute atomic E-state index is 0.313. The number of likely N-dealkylation sites (N-methyl/N-ethyl adjacent to an activating group) is 1. The summed E-state index contributed by atoms with van der Waals surface area (Å²) >= 11 is 0.